The van der Waals surface area contributed by atoms with Gasteiger partial charge in [-0.25, -0.2) is 4.79 Å². The van der Waals surface area contributed by atoms with Crippen LogP contribution in [-0.2, 0) is 14.3 Å². The fourth-order valence-corrected chi connectivity index (χ4v) is 3.59. The number of nitrogens with zero attached hydrogens (tertiary/aromatic N) is 1. The lowest BCUT2D eigenvalue weighted by Gasteiger charge is -2.28. The molecule has 6 heteroatoms. The molecular formula is C11H17NO4S. The lowest BCUT2D eigenvalue weighted by molar-refractivity contribution is -0.151. The Hall–Kier alpha value is -0.750. The highest BCUT2D eigenvalue weighted by Gasteiger charge is 2.44. The minimum Gasteiger partial charge on any atom is -0.480 e. The van der Waals surface area contributed by atoms with Gasteiger partial charge in [0, 0.05) is 12.4 Å². The second-order valence-corrected chi connectivity index (χ2v) is 5.85. The van der Waals surface area contributed by atoms with E-state index in [0.29, 0.717) is 18.8 Å². The van der Waals surface area contributed by atoms with Crippen molar-refractivity contribution in [3.63, 3.8) is 0 Å². The molecule has 2 heterocycles. The maximum atomic E-state index is 12.4. The maximum Gasteiger partial charge on any atom is 0.327 e. The van der Waals surface area contributed by atoms with Gasteiger partial charge in [0.15, 0.2) is 0 Å². The van der Waals surface area contributed by atoms with Crippen LogP contribution in [0.1, 0.15) is 20.3 Å². The van der Waals surface area contributed by atoms with E-state index in [1.54, 1.807) is 0 Å². The van der Waals surface area contributed by atoms with Gasteiger partial charge in [-0.15, -0.1) is 11.8 Å². The number of hydrogen-bond donors (Lipinski definition) is 1. The predicted molar refractivity (Wildman–Crippen MR) is 63.7 cm³/mol. The summed E-state index contributed by atoms with van der Waals surface area (Å²) in [5, 5.41) is 9.06. The molecule has 4 unspecified atom stereocenters. The number of ether oxygens (including phenoxy) is 1. The third-order valence-corrected chi connectivity index (χ3v) is 4.67. The molecule has 0 aromatic rings. The first-order chi connectivity index (χ1) is 8.02. The summed E-state index contributed by atoms with van der Waals surface area (Å²) in [6.07, 6.45) is 0.593. The third-order valence-electron chi connectivity index (χ3n) is 3.46. The average Bonchev–Trinajstić information content (AvgIpc) is 2.83. The molecule has 4 atom stereocenters. The van der Waals surface area contributed by atoms with Crippen molar-refractivity contribution >= 4 is 23.6 Å². The van der Waals surface area contributed by atoms with Gasteiger partial charge in [-0.05, 0) is 20.3 Å². The van der Waals surface area contributed by atoms with E-state index >= 15 is 0 Å². The molecule has 0 saturated carbocycles. The number of aliphatic carboxylic acids is 1. The fraction of sp³-hybridized carbons (Fsp3) is 0.818. The highest BCUT2D eigenvalue weighted by molar-refractivity contribution is 8.00. The summed E-state index contributed by atoms with van der Waals surface area (Å²) in [6, 6.07) is -0.685. The van der Waals surface area contributed by atoms with Gasteiger partial charge in [-0.3, -0.25) is 4.79 Å². The lowest BCUT2D eigenvalue weighted by Crippen LogP contribution is -2.48. The zero-order valence-corrected chi connectivity index (χ0v) is 10.8. The monoisotopic (exact) mass is 259 g/mol. The van der Waals surface area contributed by atoms with E-state index in [9.17, 15) is 9.59 Å². The summed E-state index contributed by atoms with van der Waals surface area (Å²) < 4.78 is 5.38. The van der Waals surface area contributed by atoms with Gasteiger partial charge >= 0.3 is 5.97 Å². The first-order valence-electron chi connectivity index (χ1n) is 5.80. The normalized spacial score (nSPS) is 37.4. The van der Waals surface area contributed by atoms with Crippen LogP contribution in [-0.4, -0.2) is 51.8 Å². The molecular weight excluding hydrogens is 242 g/mol. The Labute approximate surface area is 104 Å². The van der Waals surface area contributed by atoms with Gasteiger partial charge in [0.1, 0.15) is 6.04 Å². The minimum atomic E-state index is -0.915. The number of hydrogen-bond acceptors (Lipinski definition) is 4. The van der Waals surface area contributed by atoms with Gasteiger partial charge in [0.05, 0.1) is 17.4 Å². The quantitative estimate of drug-likeness (QED) is 0.794. The van der Waals surface area contributed by atoms with Gasteiger partial charge in [-0.1, -0.05) is 0 Å². The smallest absolute Gasteiger partial charge is 0.327 e. The molecule has 2 aliphatic heterocycles. The molecule has 96 valence electrons. The Balaban J connectivity index is 2.13. The number of rotatable bonds is 2. The molecule has 1 amide bonds. The number of carbonyl (C=O) groups excluding carboxylic acids is 1. The zero-order valence-electron chi connectivity index (χ0n) is 9.96. The van der Waals surface area contributed by atoms with Crippen molar-refractivity contribution in [2.24, 2.45) is 5.92 Å². The van der Waals surface area contributed by atoms with Gasteiger partial charge in [0.2, 0.25) is 5.91 Å². The summed E-state index contributed by atoms with van der Waals surface area (Å²) >= 11 is 1.51. The SMILES string of the molecule is CC1OCCC1C(=O)N1C(C)SCC1C(=O)O. The Morgan fingerprint density at radius 3 is 2.65 bits per heavy atom. The van der Waals surface area contributed by atoms with Gasteiger partial charge in [-0.2, -0.15) is 0 Å². The molecule has 2 fully saturated rings. The number of carboxylic acids is 1. The fourth-order valence-electron chi connectivity index (χ4n) is 2.41. The third kappa shape index (κ3) is 2.28. The standard InChI is InChI=1S/C11H17NO4S/c1-6-8(3-4-16-6)10(13)12-7(2)17-5-9(12)11(14)15/h6-9H,3-5H2,1-2H3,(H,14,15). The van der Waals surface area contributed by atoms with E-state index < -0.39 is 12.0 Å². The Morgan fingerprint density at radius 2 is 2.12 bits per heavy atom. The van der Waals surface area contributed by atoms with E-state index in [1.165, 1.54) is 16.7 Å². The van der Waals surface area contributed by atoms with Crippen LogP contribution in [0, 0.1) is 5.92 Å². The number of thioether (sulfide) groups is 1. The molecule has 1 N–H and O–H groups in total. The van der Waals surface area contributed by atoms with Crippen LogP contribution in [0.4, 0.5) is 0 Å². The molecule has 0 aromatic carbocycles. The summed E-state index contributed by atoms with van der Waals surface area (Å²) in [7, 11) is 0. The molecule has 5 nitrogen and oxygen atoms in total. The van der Waals surface area contributed by atoms with Crippen LogP contribution in [0.5, 0.6) is 0 Å². The van der Waals surface area contributed by atoms with Crippen molar-refractivity contribution in [3.8, 4) is 0 Å². The minimum absolute atomic E-state index is 0.0589. The topological polar surface area (TPSA) is 66.8 Å². The van der Waals surface area contributed by atoms with Crippen LogP contribution < -0.4 is 0 Å². The lowest BCUT2D eigenvalue weighted by atomic mass is 10.00. The van der Waals surface area contributed by atoms with Gasteiger partial charge < -0.3 is 14.7 Å². The number of amides is 1. The zero-order chi connectivity index (χ0) is 12.6. The first kappa shape index (κ1) is 12.7. The average molecular weight is 259 g/mol. The molecule has 0 spiro atoms. The highest BCUT2D eigenvalue weighted by atomic mass is 32.2. The maximum absolute atomic E-state index is 12.4. The van der Waals surface area contributed by atoms with E-state index in [0.717, 1.165) is 0 Å². The highest BCUT2D eigenvalue weighted by Crippen LogP contribution is 2.33. The number of carbonyl (C=O) groups is 2. The van der Waals surface area contributed by atoms with Crippen LogP contribution >= 0.6 is 11.8 Å². The summed E-state index contributed by atoms with van der Waals surface area (Å²) in [4.78, 5) is 25.0. The first-order valence-corrected chi connectivity index (χ1v) is 6.85. The molecule has 0 aliphatic carbocycles. The molecule has 17 heavy (non-hydrogen) atoms. The second kappa shape index (κ2) is 4.86. The van der Waals surface area contributed by atoms with Crippen molar-refractivity contribution in [3.05, 3.63) is 0 Å². The summed E-state index contributed by atoms with van der Waals surface area (Å²) in [6.45, 7) is 4.34. The van der Waals surface area contributed by atoms with Crippen LogP contribution in [0.3, 0.4) is 0 Å². The molecule has 0 radical (unpaired) electrons. The van der Waals surface area contributed by atoms with Crippen molar-refractivity contribution in [2.75, 3.05) is 12.4 Å². The summed E-state index contributed by atoms with van der Waals surface area (Å²) in [5.41, 5.74) is 0. The van der Waals surface area contributed by atoms with E-state index in [-0.39, 0.29) is 23.3 Å². The summed E-state index contributed by atoms with van der Waals surface area (Å²) in [5.74, 6) is -0.691. The molecule has 2 aliphatic rings. The largest absolute Gasteiger partial charge is 0.480 e. The Bertz CT molecular complexity index is 335. The molecule has 0 bridgehead atoms. The van der Waals surface area contributed by atoms with Crippen molar-refractivity contribution in [1.29, 1.82) is 0 Å². The second-order valence-electron chi connectivity index (χ2n) is 4.50. The van der Waals surface area contributed by atoms with Crippen LogP contribution in [0.15, 0.2) is 0 Å². The van der Waals surface area contributed by atoms with Gasteiger partial charge in [0.25, 0.3) is 0 Å². The number of carboxylic acid groups (broad SMARTS) is 1. The van der Waals surface area contributed by atoms with Crippen LogP contribution in [0.25, 0.3) is 0 Å². The van der Waals surface area contributed by atoms with E-state index in [2.05, 4.69) is 0 Å². The Kier molecular flexibility index (Phi) is 3.63. The van der Waals surface area contributed by atoms with Crippen LogP contribution in [0.2, 0.25) is 0 Å². The van der Waals surface area contributed by atoms with Crippen molar-refractivity contribution in [1.82, 2.24) is 4.90 Å². The molecule has 2 rings (SSSR count). The Morgan fingerprint density at radius 1 is 1.41 bits per heavy atom. The molecule has 0 aromatic heterocycles. The van der Waals surface area contributed by atoms with Crippen molar-refractivity contribution in [2.45, 2.75) is 37.8 Å². The van der Waals surface area contributed by atoms with E-state index in [4.69, 9.17) is 9.84 Å². The van der Waals surface area contributed by atoms with E-state index in [1.807, 2.05) is 13.8 Å². The van der Waals surface area contributed by atoms with Crippen molar-refractivity contribution < 1.29 is 19.4 Å². The molecule has 2 saturated heterocycles. The predicted octanol–water partition coefficient (Wildman–Crippen LogP) is 0.786.